The highest BCUT2D eigenvalue weighted by Crippen LogP contribution is 2.19. The number of ether oxygens (including phenoxy) is 1. The minimum absolute atomic E-state index is 0.465. The molecule has 2 rings (SSSR count). The molecule has 7 heteroatoms. The van der Waals surface area contributed by atoms with Gasteiger partial charge in [0, 0.05) is 10.7 Å². The topological polar surface area (TPSA) is 79.8 Å². The first kappa shape index (κ1) is 17.5. The van der Waals surface area contributed by atoms with Gasteiger partial charge in [-0.1, -0.05) is 29.8 Å². The van der Waals surface area contributed by atoms with E-state index in [0.29, 0.717) is 16.5 Å². The molecule has 124 valence electrons. The Morgan fingerprint density at radius 3 is 2.71 bits per heavy atom. The molecule has 24 heavy (non-hydrogen) atoms. The number of hydrazone groups is 1. The smallest absolute Gasteiger partial charge is 0.329 e. The maximum absolute atomic E-state index is 11.9. The van der Waals surface area contributed by atoms with E-state index >= 15 is 0 Å². The molecular formula is C17H16ClN3O3. The predicted molar refractivity (Wildman–Crippen MR) is 93.5 cm³/mol. The van der Waals surface area contributed by atoms with E-state index in [1.807, 2.05) is 0 Å². The third-order valence-corrected chi connectivity index (χ3v) is 3.36. The van der Waals surface area contributed by atoms with Gasteiger partial charge in [-0.25, -0.2) is 5.43 Å². The molecule has 0 aliphatic heterocycles. The van der Waals surface area contributed by atoms with Crippen LogP contribution in [-0.4, -0.2) is 25.1 Å². The van der Waals surface area contributed by atoms with Crippen LogP contribution in [0.5, 0.6) is 5.75 Å². The van der Waals surface area contributed by atoms with E-state index in [9.17, 15) is 9.59 Å². The molecule has 2 amide bonds. The summed E-state index contributed by atoms with van der Waals surface area (Å²) in [5, 5.41) is 6.71. The average Bonchev–Trinajstić information content (AvgIpc) is 2.58. The molecule has 0 fully saturated rings. The molecule has 0 atom stereocenters. The van der Waals surface area contributed by atoms with Crippen molar-refractivity contribution in [1.29, 1.82) is 0 Å². The molecule has 2 aromatic rings. The molecule has 0 aliphatic carbocycles. The Morgan fingerprint density at radius 1 is 1.17 bits per heavy atom. The van der Waals surface area contributed by atoms with Gasteiger partial charge in [-0.2, -0.15) is 5.10 Å². The quantitative estimate of drug-likeness (QED) is 0.508. The summed E-state index contributed by atoms with van der Waals surface area (Å²) in [5.41, 5.74) is 4.15. The van der Waals surface area contributed by atoms with E-state index in [-0.39, 0.29) is 0 Å². The molecule has 0 unspecified atom stereocenters. The number of nitrogens with one attached hydrogen (secondary N) is 2. The van der Waals surface area contributed by atoms with Gasteiger partial charge in [0.2, 0.25) is 0 Å². The van der Waals surface area contributed by atoms with Gasteiger partial charge < -0.3 is 10.1 Å². The van der Waals surface area contributed by atoms with Crippen molar-refractivity contribution in [3.05, 3.63) is 58.6 Å². The maximum atomic E-state index is 11.9. The third-order valence-electron chi connectivity index (χ3n) is 3.13. The molecule has 0 bridgehead atoms. The molecule has 2 N–H and O–H groups in total. The summed E-state index contributed by atoms with van der Waals surface area (Å²) in [6.45, 7) is 1.80. The molecule has 0 saturated carbocycles. The van der Waals surface area contributed by atoms with Gasteiger partial charge in [0.05, 0.1) is 13.3 Å². The Balaban J connectivity index is 1.95. The lowest BCUT2D eigenvalue weighted by atomic mass is 10.2. The van der Waals surface area contributed by atoms with E-state index in [0.717, 1.165) is 11.1 Å². The Labute approximate surface area is 144 Å². The second-order valence-corrected chi connectivity index (χ2v) is 5.33. The van der Waals surface area contributed by atoms with Gasteiger partial charge >= 0.3 is 11.8 Å². The minimum Gasteiger partial charge on any atom is -0.497 e. The zero-order valence-corrected chi connectivity index (χ0v) is 13.9. The van der Waals surface area contributed by atoms with Crippen molar-refractivity contribution >= 4 is 35.3 Å². The lowest BCUT2D eigenvalue weighted by Gasteiger charge is -2.07. The van der Waals surface area contributed by atoms with Crippen LogP contribution in [-0.2, 0) is 9.59 Å². The number of aryl methyl sites for hydroxylation is 1. The van der Waals surface area contributed by atoms with Crippen molar-refractivity contribution in [3.8, 4) is 5.75 Å². The number of nitrogens with zero attached hydrogens (tertiary/aromatic N) is 1. The van der Waals surface area contributed by atoms with Crippen LogP contribution in [0.4, 0.5) is 5.69 Å². The number of carbonyl (C=O) groups excluding carboxylic acids is 2. The first-order valence-electron chi connectivity index (χ1n) is 7.04. The summed E-state index contributed by atoms with van der Waals surface area (Å²) in [5.74, 6) is -1.05. The van der Waals surface area contributed by atoms with Gasteiger partial charge in [-0.05, 0) is 42.3 Å². The highest BCUT2D eigenvalue weighted by atomic mass is 35.5. The number of halogens is 1. The number of carbonyl (C=O) groups is 2. The molecule has 0 heterocycles. The predicted octanol–water partition coefficient (Wildman–Crippen LogP) is 2.75. The van der Waals surface area contributed by atoms with Crippen LogP contribution in [0.25, 0.3) is 0 Å². The van der Waals surface area contributed by atoms with Gasteiger partial charge in [0.15, 0.2) is 0 Å². The fraction of sp³-hybridized carbons (Fsp3) is 0.118. The Morgan fingerprint density at radius 2 is 1.96 bits per heavy atom. The van der Waals surface area contributed by atoms with Crippen molar-refractivity contribution in [2.24, 2.45) is 5.10 Å². The van der Waals surface area contributed by atoms with E-state index in [1.165, 1.54) is 6.21 Å². The minimum atomic E-state index is -0.881. The number of hydrogen-bond acceptors (Lipinski definition) is 4. The fourth-order valence-electron chi connectivity index (χ4n) is 1.85. The highest BCUT2D eigenvalue weighted by molar-refractivity contribution is 6.40. The SMILES string of the molecule is COc1cccc(/C=N/NC(=O)C(=O)Nc2cc(Cl)ccc2C)c1. The zero-order valence-electron chi connectivity index (χ0n) is 13.2. The van der Waals surface area contributed by atoms with E-state index in [1.54, 1.807) is 56.5 Å². The summed E-state index contributed by atoms with van der Waals surface area (Å²) in [6.07, 6.45) is 1.42. The first-order valence-corrected chi connectivity index (χ1v) is 7.42. The molecular weight excluding hydrogens is 330 g/mol. The summed E-state index contributed by atoms with van der Waals surface area (Å²) in [6, 6.07) is 12.1. The van der Waals surface area contributed by atoms with Crippen LogP contribution in [0, 0.1) is 6.92 Å². The van der Waals surface area contributed by atoms with Crippen LogP contribution in [0.2, 0.25) is 5.02 Å². The van der Waals surface area contributed by atoms with Crippen molar-refractivity contribution < 1.29 is 14.3 Å². The van der Waals surface area contributed by atoms with Crippen molar-refractivity contribution in [2.45, 2.75) is 6.92 Å². The zero-order chi connectivity index (χ0) is 17.5. The normalized spacial score (nSPS) is 10.5. The highest BCUT2D eigenvalue weighted by Gasteiger charge is 2.14. The third kappa shape index (κ3) is 4.82. The molecule has 0 spiro atoms. The van der Waals surface area contributed by atoms with Crippen LogP contribution in [0.3, 0.4) is 0 Å². The van der Waals surface area contributed by atoms with Crippen molar-refractivity contribution in [2.75, 3.05) is 12.4 Å². The Hall–Kier alpha value is -2.86. The summed E-state index contributed by atoms with van der Waals surface area (Å²) < 4.78 is 5.08. The standard InChI is InChI=1S/C17H16ClN3O3/c1-11-6-7-13(18)9-15(11)20-16(22)17(23)21-19-10-12-4-3-5-14(8-12)24-2/h3-10H,1-2H3,(H,20,22)(H,21,23)/b19-10+. The monoisotopic (exact) mass is 345 g/mol. The molecule has 2 aromatic carbocycles. The molecule has 0 radical (unpaired) electrons. The van der Waals surface area contributed by atoms with Gasteiger partial charge in [0.25, 0.3) is 0 Å². The lowest BCUT2D eigenvalue weighted by Crippen LogP contribution is -2.32. The maximum Gasteiger partial charge on any atom is 0.329 e. The second kappa shape index (κ2) is 8.12. The average molecular weight is 346 g/mol. The number of anilines is 1. The Bertz CT molecular complexity index is 790. The Kier molecular flexibility index (Phi) is 5.92. The number of amides is 2. The van der Waals surface area contributed by atoms with Gasteiger partial charge in [0.1, 0.15) is 5.75 Å². The molecule has 0 aromatic heterocycles. The largest absolute Gasteiger partial charge is 0.497 e. The van der Waals surface area contributed by atoms with Crippen LogP contribution >= 0.6 is 11.6 Å². The van der Waals surface area contributed by atoms with Crippen LogP contribution < -0.4 is 15.5 Å². The van der Waals surface area contributed by atoms with E-state index in [2.05, 4.69) is 15.8 Å². The number of hydrogen-bond donors (Lipinski definition) is 2. The van der Waals surface area contributed by atoms with Gasteiger partial charge in [-0.3, -0.25) is 9.59 Å². The number of rotatable bonds is 4. The summed E-state index contributed by atoms with van der Waals surface area (Å²) in [4.78, 5) is 23.6. The number of benzene rings is 2. The second-order valence-electron chi connectivity index (χ2n) is 4.89. The van der Waals surface area contributed by atoms with Crippen molar-refractivity contribution in [1.82, 2.24) is 5.43 Å². The molecule has 0 aliphatic rings. The summed E-state index contributed by atoms with van der Waals surface area (Å²) >= 11 is 5.87. The molecule has 0 saturated heterocycles. The fourth-order valence-corrected chi connectivity index (χ4v) is 2.02. The van der Waals surface area contributed by atoms with E-state index in [4.69, 9.17) is 16.3 Å². The lowest BCUT2D eigenvalue weighted by molar-refractivity contribution is -0.136. The number of methoxy groups -OCH3 is 1. The molecule has 6 nitrogen and oxygen atoms in total. The first-order chi connectivity index (χ1) is 11.5. The van der Waals surface area contributed by atoms with E-state index < -0.39 is 11.8 Å². The van der Waals surface area contributed by atoms with Crippen molar-refractivity contribution in [3.63, 3.8) is 0 Å². The van der Waals surface area contributed by atoms with Crippen LogP contribution in [0.15, 0.2) is 47.6 Å². The van der Waals surface area contributed by atoms with Crippen LogP contribution in [0.1, 0.15) is 11.1 Å². The van der Waals surface area contributed by atoms with Gasteiger partial charge in [-0.15, -0.1) is 0 Å². The summed E-state index contributed by atoms with van der Waals surface area (Å²) in [7, 11) is 1.56.